The molecule has 0 saturated heterocycles. The maximum absolute atomic E-state index is 9.50. The van der Waals surface area contributed by atoms with Gasteiger partial charge < -0.3 is 5.11 Å². The van der Waals surface area contributed by atoms with Gasteiger partial charge in [-0.15, -0.1) is 0 Å². The minimum atomic E-state index is 0.212. The minimum absolute atomic E-state index is 0.212. The molecule has 2 aromatic heterocycles. The number of nitrogens with zero attached hydrogens (tertiary/aromatic N) is 3. The lowest BCUT2D eigenvalue weighted by molar-refractivity contribution is 0.475. The van der Waals surface area contributed by atoms with Crippen LogP contribution in [0.4, 0.5) is 0 Å². The van der Waals surface area contributed by atoms with Crippen molar-refractivity contribution in [2.45, 2.75) is 0 Å². The van der Waals surface area contributed by atoms with Gasteiger partial charge in [0, 0.05) is 26.5 Å². The summed E-state index contributed by atoms with van der Waals surface area (Å²) in [6.45, 7) is 0. The number of para-hydroxylation sites is 1. The monoisotopic (exact) mass is 442 g/mol. The number of phenolic OH excluding ortho intramolecular Hbond substituents is 1. The van der Waals surface area contributed by atoms with E-state index in [1.807, 2.05) is 54.6 Å². The van der Waals surface area contributed by atoms with Crippen LogP contribution in [0, 0.1) is 0 Å². The van der Waals surface area contributed by atoms with Crippen LogP contribution in [0.15, 0.2) is 83.3 Å². The van der Waals surface area contributed by atoms with Crippen molar-refractivity contribution in [1.82, 2.24) is 20.2 Å². The molecule has 6 heteroatoms. The molecule has 0 saturated carbocycles. The molecule has 5 rings (SSSR count). The number of aromatic nitrogens is 4. The Hall–Kier alpha value is -3.51. The van der Waals surface area contributed by atoms with Gasteiger partial charge in [0.1, 0.15) is 5.75 Å². The first kappa shape index (κ1) is 17.6. The number of H-pyrrole nitrogens is 1. The summed E-state index contributed by atoms with van der Waals surface area (Å²) in [6.07, 6.45) is 0. The first-order valence-corrected chi connectivity index (χ1v) is 9.84. The van der Waals surface area contributed by atoms with E-state index in [1.165, 1.54) is 0 Å². The number of phenols is 1. The molecule has 0 bridgehead atoms. The number of benzene rings is 3. The summed E-state index contributed by atoms with van der Waals surface area (Å²) in [5.74, 6) is 1.46. The first-order valence-electron chi connectivity index (χ1n) is 9.05. The number of pyridine rings is 1. The molecular formula is C23H15BrN4O. The van der Waals surface area contributed by atoms with Gasteiger partial charge in [-0.25, -0.2) is 9.97 Å². The lowest BCUT2D eigenvalue weighted by Crippen LogP contribution is -1.91. The van der Waals surface area contributed by atoms with Crippen molar-refractivity contribution < 1.29 is 5.11 Å². The Labute approximate surface area is 175 Å². The minimum Gasteiger partial charge on any atom is -0.508 e. The molecule has 29 heavy (non-hydrogen) atoms. The van der Waals surface area contributed by atoms with Gasteiger partial charge in [0.25, 0.3) is 0 Å². The topological polar surface area (TPSA) is 74.7 Å². The van der Waals surface area contributed by atoms with E-state index < -0.39 is 0 Å². The highest BCUT2D eigenvalue weighted by Crippen LogP contribution is 2.31. The number of nitrogens with one attached hydrogen (secondary N) is 1. The predicted molar refractivity (Wildman–Crippen MR) is 117 cm³/mol. The third-order valence-electron chi connectivity index (χ3n) is 4.72. The molecule has 0 aliphatic heterocycles. The van der Waals surface area contributed by atoms with E-state index in [0.29, 0.717) is 11.6 Å². The van der Waals surface area contributed by atoms with Gasteiger partial charge in [0.2, 0.25) is 0 Å². The van der Waals surface area contributed by atoms with Crippen LogP contribution in [0.25, 0.3) is 44.9 Å². The molecule has 0 aliphatic rings. The van der Waals surface area contributed by atoms with Crippen LogP contribution in [-0.4, -0.2) is 25.3 Å². The average Bonchev–Trinajstić information content (AvgIpc) is 3.24. The van der Waals surface area contributed by atoms with E-state index in [9.17, 15) is 5.11 Å². The zero-order valence-corrected chi connectivity index (χ0v) is 16.8. The second kappa shape index (κ2) is 7.14. The Morgan fingerprint density at radius 2 is 1.52 bits per heavy atom. The number of aromatic hydroxyl groups is 1. The van der Waals surface area contributed by atoms with Crippen molar-refractivity contribution in [3.63, 3.8) is 0 Å². The van der Waals surface area contributed by atoms with Crippen molar-refractivity contribution in [3.05, 3.63) is 83.3 Å². The summed E-state index contributed by atoms with van der Waals surface area (Å²) < 4.78 is 1.02. The molecule has 0 amide bonds. The van der Waals surface area contributed by atoms with Crippen molar-refractivity contribution in [2.24, 2.45) is 0 Å². The van der Waals surface area contributed by atoms with Crippen molar-refractivity contribution in [3.8, 4) is 39.8 Å². The largest absolute Gasteiger partial charge is 0.508 e. The van der Waals surface area contributed by atoms with Crippen LogP contribution in [0.5, 0.6) is 5.75 Å². The van der Waals surface area contributed by atoms with Gasteiger partial charge in [-0.2, -0.15) is 5.10 Å². The number of rotatable bonds is 3. The molecular weight excluding hydrogens is 428 g/mol. The lowest BCUT2D eigenvalue weighted by Gasteiger charge is -2.08. The Bertz CT molecular complexity index is 1310. The fourth-order valence-corrected chi connectivity index (χ4v) is 3.53. The Morgan fingerprint density at radius 1 is 0.793 bits per heavy atom. The molecule has 0 radical (unpaired) electrons. The van der Waals surface area contributed by atoms with Crippen LogP contribution in [0.2, 0.25) is 0 Å². The van der Waals surface area contributed by atoms with Crippen LogP contribution in [0.1, 0.15) is 0 Å². The van der Waals surface area contributed by atoms with Crippen molar-refractivity contribution in [1.29, 1.82) is 0 Å². The second-order valence-electron chi connectivity index (χ2n) is 6.63. The normalized spacial score (nSPS) is 11.1. The smallest absolute Gasteiger partial charge is 0.181 e. The van der Waals surface area contributed by atoms with Crippen molar-refractivity contribution >= 4 is 26.8 Å². The molecule has 2 heterocycles. The summed E-state index contributed by atoms with van der Waals surface area (Å²) in [4.78, 5) is 9.53. The van der Waals surface area contributed by atoms with E-state index in [1.54, 1.807) is 24.3 Å². The number of fused-ring (bicyclic) bond motifs is 1. The molecule has 0 spiro atoms. The third kappa shape index (κ3) is 3.39. The van der Waals surface area contributed by atoms with Gasteiger partial charge >= 0.3 is 0 Å². The molecule has 2 N–H and O–H groups in total. The fourth-order valence-electron chi connectivity index (χ4n) is 3.26. The quantitative estimate of drug-likeness (QED) is 0.368. The Balaban J connectivity index is 1.66. The first-order chi connectivity index (χ1) is 14.2. The highest BCUT2D eigenvalue weighted by Gasteiger charge is 2.14. The van der Waals surface area contributed by atoms with E-state index >= 15 is 0 Å². The van der Waals surface area contributed by atoms with Gasteiger partial charge in [-0.1, -0.05) is 46.3 Å². The molecule has 5 aromatic rings. The maximum Gasteiger partial charge on any atom is 0.181 e. The predicted octanol–water partition coefficient (Wildman–Crippen LogP) is 5.82. The van der Waals surface area contributed by atoms with E-state index in [-0.39, 0.29) is 5.75 Å². The average molecular weight is 443 g/mol. The highest BCUT2D eigenvalue weighted by molar-refractivity contribution is 9.10. The van der Waals surface area contributed by atoms with Gasteiger partial charge in [0.05, 0.1) is 11.2 Å². The Kier molecular flexibility index (Phi) is 4.33. The van der Waals surface area contributed by atoms with Gasteiger partial charge in [-0.3, -0.25) is 5.10 Å². The third-order valence-corrected chi connectivity index (χ3v) is 5.25. The highest BCUT2D eigenvalue weighted by atomic mass is 79.9. The van der Waals surface area contributed by atoms with Crippen LogP contribution >= 0.6 is 15.9 Å². The zero-order chi connectivity index (χ0) is 19.8. The second-order valence-corrected chi connectivity index (χ2v) is 7.55. The number of hydrogen-bond donors (Lipinski definition) is 2. The van der Waals surface area contributed by atoms with E-state index in [4.69, 9.17) is 9.97 Å². The van der Waals surface area contributed by atoms with E-state index in [0.717, 1.165) is 37.8 Å². The standard InChI is InChI=1S/C23H15BrN4O/c24-16-9-5-14(6-10-16)21-13-19(18-3-1-2-4-20(18)25-21)23-26-22(27-28-23)15-7-11-17(29)12-8-15/h1-13,29H,(H,26,27,28). The van der Waals surface area contributed by atoms with Gasteiger partial charge in [0.15, 0.2) is 11.6 Å². The molecule has 0 aliphatic carbocycles. The molecule has 0 unspecified atom stereocenters. The van der Waals surface area contributed by atoms with Crippen molar-refractivity contribution in [2.75, 3.05) is 0 Å². The number of aromatic amines is 1. The summed E-state index contributed by atoms with van der Waals surface area (Å²) in [6, 6.07) is 24.9. The van der Waals surface area contributed by atoms with Crippen LogP contribution in [-0.2, 0) is 0 Å². The number of halogens is 1. The lowest BCUT2D eigenvalue weighted by atomic mass is 10.0. The molecule has 3 aromatic carbocycles. The number of hydrogen-bond acceptors (Lipinski definition) is 4. The summed E-state index contributed by atoms with van der Waals surface area (Å²) in [5.41, 5.74) is 4.56. The van der Waals surface area contributed by atoms with Gasteiger partial charge in [-0.05, 0) is 48.5 Å². The zero-order valence-electron chi connectivity index (χ0n) is 15.2. The summed E-state index contributed by atoms with van der Waals surface area (Å²) in [5, 5.41) is 17.9. The maximum atomic E-state index is 9.50. The molecule has 0 fully saturated rings. The summed E-state index contributed by atoms with van der Waals surface area (Å²) in [7, 11) is 0. The molecule has 140 valence electrons. The Morgan fingerprint density at radius 3 is 2.31 bits per heavy atom. The van der Waals surface area contributed by atoms with Crippen LogP contribution in [0.3, 0.4) is 0 Å². The fraction of sp³-hybridized carbons (Fsp3) is 0. The molecule has 5 nitrogen and oxygen atoms in total. The molecule has 0 atom stereocenters. The van der Waals surface area contributed by atoms with Crippen LogP contribution < -0.4 is 0 Å². The SMILES string of the molecule is Oc1ccc(-c2n[nH]c(-c3cc(-c4ccc(Br)cc4)nc4ccccc34)n2)cc1. The summed E-state index contributed by atoms with van der Waals surface area (Å²) >= 11 is 3.48. The van der Waals surface area contributed by atoms with E-state index in [2.05, 4.69) is 26.1 Å².